The zero-order valence-corrected chi connectivity index (χ0v) is 12.1. The van der Waals surface area contributed by atoms with Crippen LogP contribution in [0.15, 0.2) is 18.5 Å². The Hall–Kier alpha value is -1.72. The minimum atomic E-state index is -0.0486. The van der Waals surface area contributed by atoms with Gasteiger partial charge in [0.25, 0.3) is 0 Å². The van der Waals surface area contributed by atoms with Gasteiger partial charge in [-0.05, 0) is 6.07 Å². The number of benzene rings is 1. The Labute approximate surface area is 122 Å². The van der Waals surface area contributed by atoms with Crippen molar-refractivity contribution >= 4 is 11.6 Å². The highest BCUT2D eigenvalue weighted by atomic mass is 35.5. The summed E-state index contributed by atoms with van der Waals surface area (Å²) in [6.07, 6.45) is 2.66. The van der Waals surface area contributed by atoms with Crippen LogP contribution in [-0.4, -0.2) is 30.7 Å². The number of aromatic nitrogens is 2. The maximum Gasteiger partial charge on any atom is 0.165 e. The summed E-state index contributed by atoms with van der Waals surface area (Å²) in [5.41, 5.74) is 3.07. The second kappa shape index (κ2) is 5.34. The van der Waals surface area contributed by atoms with E-state index < -0.39 is 0 Å². The van der Waals surface area contributed by atoms with Crippen LogP contribution in [-0.2, 0) is 6.42 Å². The lowest BCUT2D eigenvalue weighted by molar-refractivity contribution is 0.348. The van der Waals surface area contributed by atoms with Crippen LogP contribution >= 0.6 is 11.6 Å². The van der Waals surface area contributed by atoms with Crippen molar-refractivity contribution in [1.29, 1.82) is 0 Å². The number of halogens is 1. The number of methoxy groups -OCH3 is 2. The summed E-state index contributed by atoms with van der Waals surface area (Å²) in [7, 11) is 3.23. The van der Waals surface area contributed by atoms with E-state index in [2.05, 4.69) is 15.3 Å². The van der Waals surface area contributed by atoms with Crippen LogP contribution in [0.25, 0.3) is 0 Å². The molecule has 1 atom stereocenters. The molecule has 0 bridgehead atoms. The smallest absolute Gasteiger partial charge is 0.165 e. The molecule has 0 saturated heterocycles. The number of hydrogen-bond donors (Lipinski definition) is 2. The Kier molecular flexibility index (Phi) is 3.54. The normalized spacial score (nSPS) is 17.6. The van der Waals surface area contributed by atoms with Crippen LogP contribution in [0.3, 0.4) is 0 Å². The predicted molar refractivity (Wildman–Crippen MR) is 76.7 cm³/mol. The molecular weight excluding hydrogens is 278 g/mol. The van der Waals surface area contributed by atoms with Crippen LogP contribution in [0, 0.1) is 0 Å². The van der Waals surface area contributed by atoms with Crippen molar-refractivity contribution in [3.63, 3.8) is 0 Å². The van der Waals surface area contributed by atoms with Gasteiger partial charge in [0.15, 0.2) is 11.5 Å². The Morgan fingerprint density at radius 3 is 2.90 bits per heavy atom. The summed E-state index contributed by atoms with van der Waals surface area (Å²) in [4.78, 5) is 7.60. The third kappa shape index (κ3) is 2.13. The summed E-state index contributed by atoms with van der Waals surface area (Å²) in [6.45, 7) is 0.873. The van der Waals surface area contributed by atoms with E-state index in [9.17, 15) is 0 Å². The van der Waals surface area contributed by atoms with Crippen molar-refractivity contribution in [2.24, 2.45) is 0 Å². The second-order valence-corrected chi connectivity index (χ2v) is 5.07. The average Bonchev–Trinajstić information content (AvgIpc) is 2.94. The first-order valence-electron chi connectivity index (χ1n) is 6.41. The summed E-state index contributed by atoms with van der Waals surface area (Å²) < 4.78 is 10.9. The Bertz CT molecular complexity index is 627. The molecule has 0 radical (unpaired) electrons. The summed E-state index contributed by atoms with van der Waals surface area (Å²) in [5, 5.41) is 4.07. The fraction of sp³-hybridized carbons (Fsp3) is 0.357. The number of hydrogen-bond acceptors (Lipinski definition) is 4. The molecule has 0 aliphatic carbocycles. The lowest BCUT2D eigenvalue weighted by atomic mass is 9.97. The highest BCUT2D eigenvalue weighted by molar-refractivity contribution is 6.30. The molecule has 5 nitrogen and oxygen atoms in total. The van der Waals surface area contributed by atoms with Gasteiger partial charge in [-0.25, -0.2) is 4.98 Å². The van der Waals surface area contributed by atoms with Crippen LogP contribution in [0.4, 0.5) is 0 Å². The Morgan fingerprint density at radius 2 is 2.15 bits per heavy atom. The Balaban J connectivity index is 2.14. The van der Waals surface area contributed by atoms with E-state index in [1.54, 1.807) is 26.6 Å². The zero-order chi connectivity index (χ0) is 14.1. The summed E-state index contributed by atoms with van der Waals surface area (Å²) in [6, 6.07) is 3.59. The van der Waals surface area contributed by atoms with Gasteiger partial charge in [0.1, 0.15) is 0 Å². The first-order chi connectivity index (χ1) is 9.74. The van der Waals surface area contributed by atoms with E-state index in [4.69, 9.17) is 21.1 Å². The molecule has 2 N–H and O–H groups in total. The number of ether oxygens (including phenoxy) is 2. The van der Waals surface area contributed by atoms with Crippen LogP contribution < -0.4 is 14.8 Å². The van der Waals surface area contributed by atoms with E-state index in [0.717, 1.165) is 29.9 Å². The third-order valence-electron chi connectivity index (χ3n) is 3.53. The number of imidazole rings is 1. The standard InChI is InChI=1S/C14H16ClN3O2/c1-19-11-6-8(15)5-9(14(11)20-2)12-13-10(3-4-16-12)17-7-18-13/h5-7,12,16H,3-4H2,1-2H3,(H,17,18)/t12-/m1/s1. The molecule has 1 aliphatic rings. The molecule has 0 amide bonds. The maximum atomic E-state index is 6.19. The average molecular weight is 294 g/mol. The predicted octanol–water partition coefficient (Wildman–Crippen LogP) is 2.32. The van der Waals surface area contributed by atoms with Crippen molar-refractivity contribution in [2.45, 2.75) is 12.5 Å². The van der Waals surface area contributed by atoms with Crippen molar-refractivity contribution in [3.8, 4) is 11.5 Å². The van der Waals surface area contributed by atoms with Crippen molar-refractivity contribution in [2.75, 3.05) is 20.8 Å². The van der Waals surface area contributed by atoms with Crippen molar-refractivity contribution < 1.29 is 9.47 Å². The molecule has 1 aliphatic heterocycles. The number of aromatic amines is 1. The van der Waals surface area contributed by atoms with Crippen molar-refractivity contribution in [3.05, 3.63) is 40.4 Å². The fourth-order valence-electron chi connectivity index (χ4n) is 2.65. The molecule has 20 heavy (non-hydrogen) atoms. The van der Waals surface area contributed by atoms with Gasteiger partial charge in [0.05, 0.1) is 32.3 Å². The number of H-pyrrole nitrogens is 1. The molecule has 0 unspecified atom stereocenters. The summed E-state index contributed by atoms with van der Waals surface area (Å²) in [5.74, 6) is 1.31. The van der Waals surface area contributed by atoms with E-state index in [0.29, 0.717) is 16.5 Å². The molecule has 0 fully saturated rings. The van der Waals surface area contributed by atoms with Gasteiger partial charge in [-0.15, -0.1) is 0 Å². The largest absolute Gasteiger partial charge is 0.493 e. The van der Waals surface area contributed by atoms with E-state index >= 15 is 0 Å². The molecule has 0 spiro atoms. The lowest BCUT2D eigenvalue weighted by Crippen LogP contribution is -2.31. The van der Waals surface area contributed by atoms with Gasteiger partial charge in [-0.2, -0.15) is 0 Å². The second-order valence-electron chi connectivity index (χ2n) is 4.63. The molecule has 1 aromatic heterocycles. The van der Waals surface area contributed by atoms with Crippen LogP contribution in [0.1, 0.15) is 23.0 Å². The highest BCUT2D eigenvalue weighted by Gasteiger charge is 2.28. The molecule has 0 saturated carbocycles. The van der Waals surface area contributed by atoms with Gasteiger partial charge in [0.2, 0.25) is 0 Å². The SMILES string of the molecule is COc1cc(Cl)cc([C@H]2NCCc3[nH]cnc32)c1OC. The van der Waals surface area contributed by atoms with Gasteiger partial charge in [0, 0.05) is 35.3 Å². The molecule has 3 rings (SSSR count). The van der Waals surface area contributed by atoms with E-state index in [-0.39, 0.29) is 6.04 Å². The van der Waals surface area contributed by atoms with Gasteiger partial charge in [-0.3, -0.25) is 0 Å². The summed E-state index contributed by atoms with van der Waals surface area (Å²) >= 11 is 6.19. The quantitative estimate of drug-likeness (QED) is 0.912. The van der Waals surface area contributed by atoms with Crippen LogP contribution in [0.2, 0.25) is 5.02 Å². The monoisotopic (exact) mass is 293 g/mol. The molecular formula is C14H16ClN3O2. The maximum absolute atomic E-state index is 6.19. The van der Waals surface area contributed by atoms with Gasteiger partial charge in [-0.1, -0.05) is 11.6 Å². The number of nitrogens with zero attached hydrogens (tertiary/aromatic N) is 1. The van der Waals surface area contributed by atoms with E-state index in [1.165, 1.54) is 0 Å². The lowest BCUT2D eigenvalue weighted by Gasteiger charge is -2.25. The molecule has 106 valence electrons. The fourth-order valence-corrected chi connectivity index (χ4v) is 2.87. The molecule has 6 heteroatoms. The number of rotatable bonds is 3. The highest BCUT2D eigenvalue weighted by Crippen LogP contribution is 2.40. The van der Waals surface area contributed by atoms with Gasteiger partial charge < -0.3 is 19.8 Å². The first-order valence-corrected chi connectivity index (χ1v) is 6.79. The Morgan fingerprint density at radius 1 is 1.30 bits per heavy atom. The first kappa shape index (κ1) is 13.3. The van der Waals surface area contributed by atoms with Gasteiger partial charge >= 0.3 is 0 Å². The zero-order valence-electron chi connectivity index (χ0n) is 11.4. The third-order valence-corrected chi connectivity index (χ3v) is 3.75. The van der Waals surface area contributed by atoms with Crippen molar-refractivity contribution in [1.82, 2.24) is 15.3 Å². The topological polar surface area (TPSA) is 59.2 Å². The molecule has 2 aromatic rings. The minimum Gasteiger partial charge on any atom is -0.493 e. The molecule has 1 aromatic carbocycles. The number of fused-ring (bicyclic) bond motifs is 1. The number of nitrogens with one attached hydrogen (secondary N) is 2. The van der Waals surface area contributed by atoms with Crippen LogP contribution in [0.5, 0.6) is 11.5 Å². The van der Waals surface area contributed by atoms with E-state index in [1.807, 2.05) is 6.07 Å². The molecule has 2 heterocycles. The minimum absolute atomic E-state index is 0.0486.